The van der Waals surface area contributed by atoms with Crippen molar-refractivity contribution in [1.29, 1.82) is 0 Å². The number of hydrogen-bond acceptors (Lipinski definition) is 8. The first-order chi connectivity index (χ1) is 14.3. The lowest BCUT2D eigenvalue weighted by molar-refractivity contribution is -0.150. The molecule has 1 aliphatic rings. The minimum Gasteiger partial charge on any atom is -0.451 e. The Bertz CT molecular complexity index is 1220. The molecule has 4 rings (SSSR count). The van der Waals surface area contributed by atoms with Crippen LogP contribution in [0.3, 0.4) is 0 Å². The summed E-state index contributed by atoms with van der Waals surface area (Å²) >= 11 is 0. The molecule has 3 aromatic rings. The topological polar surface area (TPSA) is 124 Å². The molecule has 1 N–H and O–H groups in total. The van der Waals surface area contributed by atoms with Gasteiger partial charge in [0.2, 0.25) is 5.89 Å². The second-order valence-electron chi connectivity index (χ2n) is 6.65. The Labute approximate surface area is 172 Å². The average Bonchev–Trinajstić information content (AvgIpc) is 3.32. The minimum absolute atomic E-state index is 0.104. The molecule has 0 amide bonds. The molecular formula is C20H18N4O5S. The van der Waals surface area contributed by atoms with E-state index in [1.807, 2.05) is 30.3 Å². The number of aromatic nitrogens is 2. The van der Waals surface area contributed by atoms with Crippen molar-refractivity contribution in [1.82, 2.24) is 14.9 Å². The third-order valence-electron chi connectivity index (χ3n) is 4.43. The van der Waals surface area contributed by atoms with Gasteiger partial charge in [-0.3, -0.25) is 9.71 Å². The highest BCUT2D eigenvalue weighted by Crippen LogP contribution is 2.24. The highest BCUT2D eigenvalue weighted by Gasteiger charge is 2.31. The smallest absolute Gasteiger partial charge is 0.331 e. The Balaban J connectivity index is 1.47. The number of hydrogen-bond donors (Lipinski definition) is 1. The highest BCUT2D eigenvalue weighted by atomic mass is 32.2. The van der Waals surface area contributed by atoms with Gasteiger partial charge < -0.3 is 9.15 Å². The molecule has 1 aromatic heterocycles. The first kappa shape index (κ1) is 19.8. The minimum atomic E-state index is -3.68. The fourth-order valence-electron chi connectivity index (χ4n) is 2.90. The van der Waals surface area contributed by atoms with Gasteiger partial charge in [-0.1, -0.05) is 30.3 Å². The van der Waals surface area contributed by atoms with E-state index in [0.29, 0.717) is 11.5 Å². The number of carbonyl (C=O) groups excluding carboxylic acids is 1. The van der Waals surface area contributed by atoms with E-state index in [9.17, 15) is 13.2 Å². The summed E-state index contributed by atoms with van der Waals surface area (Å²) < 4.78 is 37.7. The number of carbonyl (C=O) groups is 1. The molecule has 10 heteroatoms. The van der Waals surface area contributed by atoms with Gasteiger partial charge in [-0.15, -0.1) is 10.2 Å². The summed E-state index contributed by atoms with van der Waals surface area (Å²) in [5.74, 6) is -0.0855. The molecule has 30 heavy (non-hydrogen) atoms. The summed E-state index contributed by atoms with van der Waals surface area (Å²) in [5.41, 5.74) is 1.16. The Hall–Kier alpha value is -3.53. The van der Waals surface area contributed by atoms with Crippen LogP contribution >= 0.6 is 0 Å². The van der Waals surface area contributed by atoms with E-state index in [-0.39, 0.29) is 16.6 Å². The van der Waals surface area contributed by atoms with Crippen molar-refractivity contribution in [3.8, 4) is 11.5 Å². The van der Waals surface area contributed by atoms with Gasteiger partial charge in [0.1, 0.15) is 11.9 Å². The van der Waals surface area contributed by atoms with Crippen molar-refractivity contribution < 1.29 is 22.4 Å². The molecule has 1 aliphatic heterocycles. The largest absolute Gasteiger partial charge is 0.451 e. The molecule has 0 saturated carbocycles. The number of rotatable bonds is 5. The maximum atomic E-state index is 12.5. The fraction of sp³-hybridized carbons (Fsp3) is 0.200. The molecule has 0 bridgehead atoms. The van der Waals surface area contributed by atoms with Crippen LogP contribution in [-0.2, 0) is 19.6 Å². The molecular weight excluding hydrogens is 408 g/mol. The molecule has 0 saturated heterocycles. The number of nitrogens with one attached hydrogen (secondary N) is 1. The molecule has 154 valence electrons. The average molecular weight is 426 g/mol. The molecule has 9 nitrogen and oxygen atoms in total. The van der Waals surface area contributed by atoms with Crippen molar-refractivity contribution in [3.05, 3.63) is 66.1 Å². The molecule has 0 spiro atoms. The van der Waals surface area contributed by atoms with E-state index in [1.54, 1.807) is 25.1 Å². The first-order valence-electron chi connectivity index (χ1n) is 9.14. The predicted octanol–water partition coefficient (Wildman–Crippen LogP) is 2.47. The van der Waals surface area contributed by atoms with Crippen LogP contribution in [0, 0.1) is 0 Å². The SMILES string of the molecule is CC(OC(=O)[C@H](C)N=C1NS(=O)(=O)c2ccccc21)c1nnc(-c2ccccc2)o1. The van der Waals surface area contributed by atoms with Gasteiger partial charge in [0.15, 0.2) is 6.10 Å². The summed E-state index contributed by atoms with van der Waals surface area (Å²) in [7, 11) is -3.68. The number of benzene rings is 2. The number of ether oxygens (including phenoxy) is 1. The summed E-state index contributed by atoms with van der Waals surface area (Å²) in [6.07, 6.45) is -0.794. The monoisotopic (exact) mass is 426 g/mol. The lowest BCUT2D eigenvalue weighted by Gasteiger charge is -2.12. The van der Waals surface area contributed by atoms with Gasteiger partial charge in [0.05, 0.1) is 4.90 Å². The molecule has 1 unspecified atom stereocenters. The van der Waals surface area contributed by atoms with Crippen molar-refractivity contribution in [2.24, 2.45) is 4.99 Å². The van der Waals surface area contributed by atoms with Crippen LogP contribution in [0.25, 0.3) is 11.5 Å². The molecule has 2 aromatic carbocycles. The van der Waals surface area contributed by atoms with E-state index < -0.39 is 28.1 Å². The molecule has 2 atom stereocenters. The Morgan fingerprint density at radius 1 is 1.07 bits per heavy atom. The Kier molecular flexibility index (Phi) is 5.08. The zero-order chi connectivity index (χ0) is 21.3. The number of nitrogens with zero attached hydrogens (tertiary/aromatic N) is 3. The second-order valence-corrected chi connectivity index (χ2v) is 8.30. The molecule has 0 radical (unpaired) electrons. The molecule has 0 aliphatic carbocycles. The van der Waals surface area contributed by atoms with Crippen molar-refractivity contribution in [2.45, 2.75) is 30.9 Å². The van der Waals surface area contributed by atoms with Crippen LogP contribution in [0.1, 0.15) is 31.4 Å². The fourth-order valence-corrected chi connectivity index (χ4v) is 4.13. The lowest BCUT2D eigenvalue weighted by Crippen LogP contribution is -2.27. The van der Waals surface area contributed by atoms with Crippen molar-refractivity contribution in [3.63, 3.8) is 0 Å². The number of fused-ring (bicyclic) bond motifs is 1. The number of sulfonamides is 1. The standard InChI is InChI=1S/C20H18N4O5S/c1-12(21-17-15-10-6-7-11-16(15)30(26,27)24-17)20(25)28-13(2)18-22-23-19(29-18)14-8-4-3-5-9-14/h3-13H,1-2H3,(H,21,24)/t12-,13?/m0/s1. The summed E-state index contributed by atoms with van der Waals surface area (Å²) in [6, 6.07) is 14.7. The predicted molar refractivity (Wildman–Crippen MR) is 107 cm³/mol. The summed E-state index contributed by atoms with van der Waals surface area (Å²) in [4.78, 5) is 16.8. The lowest BCUT2D eigenvalue weighted by atomic mass is 10.2. The normalized spacial score (nSPS) is 17.7. The Morgan fingerprint density at radius 2 is 1.77 bits per heavy atom. The van der Waals surface area contributed by atoms with Crippen molar-refractivity contribution >= 4 is 21.8 Å². The van der Waals surface area contributed by atoms with Gasteiger partial charge in [-0.2, -0.15) is 0 Å². The van der Waals surface area contributed by atoms with Gasteiger partial charge in [0, 0.05) is 11.1 Å². The van der Waals surface area contributed by atoms with Gasteiger partial charge in [-0.05, 0) is 38.1 Å². The molecule has 0 fully saturated rings. The summed E-state index contributed by atoms with van der Waals surface area (Å²) in [6.45, 7) is 3.12. The quantitative estimate of drug-likeness (QED) is 0.622. The Morgan fingerprint density at radius 3 is 2.53 bits per heavy atom. The zero-order valence-electron chi connectivity index (χ0n) is 16.1. The number of aliphatic imine (C=N–C) groups is 1. The van der Waals surface area contributed by atoms with Crippen LogP contribution in [0.2, 0.25) is 0 Å². The van der Waals surface area contributed by atoms with Crippen LogP contribution in [0.5, 0.6) is 0 Å². The van der Waals surface area contributed by atoms with Crippen LogP contribution < -0.4 is 4.72 Å². The third-order valence-corrected chi connectivity index (χ3v) is 5.83. The molecule has 2 heterocycles. The maximum absolute atomic E-state index is 12.5. The van der Waals surface area contributed by atoms with Gasteiger partial charge in [-0.25, -0.2) is 13.2 Å². The highest BCUT2D eigenvalue weighted by molar-refractivity contribution is 7.90. The summed E-state index contributed by atoms with van der Waals surface area (Å²) in [5, 5.41) is 7.91. The van der Waals surface area contributed by atoms with Crippen LogP contribution in [0.4, 0.5) is 0 Å². The second kappa shape index (κ2) is 7.71. The number of esters is 1. The van der Waals surface area contributed by atoms with Crippen molar-refractivity contribution in [2.75, 3.05) is 0 Å². The number of amidine groups is 1. The van der Waals surface area contributed by atoms with E-state index in [0.717, 1.165) is 5.56 Å². The van der Waals surface area contributed by atoms with E-state index in [4.69, 9.17) is 9.15 Å². The zero-order valence-corrected chi connectivity index (χ0v) is 17.0. The maximum Gasteiger partial charge on any atom is 0.331 e. The van der Waals surface area contributed by atoms with E-state index in [1.165, 1.54) is 13.0 Å². The van der Waals surface area contributed by atoms with E-state index in [2.05, 4.69) is 19.9 Å². The first-order valence-corrected chi connectivity index (χ1v) is 10.6. The third kappa shape index (κ3) is 3.81. The van der Waals surface area contributed by atoms with Crippen LogP contribution in [-0.4, -0.2) is 36.5 Å². The van der Waals surface area contributed by atoms with E-state index >= 15 is 0 Å². The van der Waals surface area contributed by atoms with Gasteiger partial charge in [0.25, 0.3) is 15.9 Å². The van der Waals surface area contributed by atoms with Gasteiger partial charge >= 0.3 is 5.97 Å². The van der Waals surface area contributed by atoms with Crippen LogP contribution in [0.15, 0.2) is 68.9 Å².